The van der Waals surface area contributed by atoms with Crippen molar-refractivity contribution in [1.82, 2.24) is 0 Å². The summed E-state index contributed by atoms with van der Waals surface area (Å²) in [5, 5.41) is 24.9. The fraction of sp³-hybridized carbons (Fsp3) is 0.333. The number of rotatable bonds is 14. The molecular weight excluding hydrogens is 745 g/mol. The zero-order valence-electron chi connectivity index (χ0n) is 35.3. The molecule has 2 N–H and O–H groups in total. The summed E-state index contributed by atoms with van der Waals surface area (Å²) in [6.07, 6.45) is 3.19. The second-order valence-electron chi connectivity index (χ2n) is 14.4. The molecule has 1 aliphatic carbocycles. The summed E-state index contributed by atoms with van der Waals surface area (Å²) in [6.45, 7) is 4.06. The number of hydrogen-bond acceptors (Lipinski definition) is 6. The second-order valence-corrected chi connectivity index (χ2v) is 14.4. The highest BCUT2D eigenvalue weighted by atomic mass is 16.5. The minimum atomic E-state index is -1.87. The Kier molecular flexibility index (Phi) is 15.3. The van der Waals surface area contributed by atoms with E-state index in [4.69, 9.17) is 18.9 Å². The molecule has 1 aliphatic rings. The van der Waals surface area contributed by atoms with E-state index >= 15 is 0 Å². The van der Waals surface area contributed by atoms with E-state index in [-0.39, 0.29) is 12.8 Å². The van der Waals surface area contributed by atoms with Crippen molar-refractivity contribution in [3.63, 3.8) is 0 Å². The van der Waals surface area contributed by atoms with Crippen molar-refractivity contribution >= 4 is 0 Å². The fourth-order valence-corrected chi connectivity index (χ4v) is 6.57. The molecule has 6 heteroatoms. The first-order valence-electron chi connectivity index (χ1n) is 20.2. The molecule has 304 valence electrons. The van der Waals surface area contributed by atoms with Crippen LogP contribution in [-0.2, 0) is 41.4 Å². The van der Waals surface area contributed by atoms with Crippen molar-refractivity contribution in [2.24, 2.45) is 0 Å². The van der Waals surface area contributed by atoms with Crippen molar-refractivity contribution in [2.75, 3.05) is 28.4 Å². The molecule has 60 heavy (non-hydrogen) atoms. The van der Waals surface area contributed by atoms with Crippen LogP contribution in [0.2, 0.25) is 0 Å². The summed E-state index contributed by atoms with van der Waals surface area (Å²) in [6, 6.07) is 37.3. The predicted octanol–water partition coefficient (Wildman–Crippen LogP) is 8.03. The van der Waals surface area contributed by atoms with Gasteiger partial charge < -0.3 is 29.2 Å². The summed E-state index contributed by atoms with van der Waals surface area (Å²) in [5.74, 6) is 38.4. The van der Waals surface area contributed by atoms with E-state index in [9.17, 15) is 10.2 Å². The van der Waals surface area contributed by atoms with E-state index < -0.39 is 33.6 Å². The van der Waals surface area contributed by atoms with Crippen LogP contribution in [0, 0.1) is 71.0 Å². The third-order valence-electron chi connectivity index (χ3n) is 10.3. The van der Waals surface area contributed by atoms with E-state index in [1.165, 1.54) is 28.4 Å². The van der Waals surface area contributed by atoms with E-state index in [0.29, 0.717) is 35.1 Å². The van der Waals surface area contributed by atoms with Gasteiger partial charge >= 0.3 is 0 Å². The van der Waals surface area contributed by atoms with E-state index in [1.54, 1.807) is 0 Å². The second kappa shape index (κ2) is 20.3. The quantitative estimate of drug-likeness (QED) is 0.126. The zero-order valence-corrected chi connectivity index (χ0v) is 35.3. The molecule has 4 aromatic rings. The van der Waals surface area contributed by atoms with Crippen LogP contribution in [0.4, 0.5) is 0 Å². The van der Waals surface area contributed by atoms with Crippen LogP contribution >= 0.6 is 0 Å². The van der Waals surface area contributed by atoms with E-state index in [2.05, 4.69) is 71.0 Å². The van der Waals surface area contributed by atoms with Gasteiger partial charge in [0.25, 0.3) is 0 Å². The summed E-state index contributed by atoms with van der Waals surface area (Å²) < 4.78 is 24.9. The largest absolute Gasteiger partial charge is 0.367 e. The summed E-state index contributed by atoms with van der Waals surface area (Å²) in [5.41, 5.74) is -7.68. The topological polar surface area (TPSA) is 77.4 Å². The molecule has 0 heterocycles. The smallest absolute Gasteiger partial charge is 0.216 e. The molecule has 4 aromatic carbocycles. The van der Waals surface area contributed by atoms with Crippen LogP contribution in [0.25, 0.3) is 0 Å². The molecule has 0 saturated heterocycles. The van der Waals surface area contributed by atoms with Crippen LogP contribution in [0.3, 0.4) is 0 Å². The minimum Gasteiger partial charge on any atom is -0.367 e. The first-order chi connectivity index (χ1) is 29.0. The maximum absolute atomic E-state index is 12.4. The van der Waals surface area contributed by atoms with Gasteiger partial charge in [-0.1, -0.05) is 172 Å². The average Bonchev–Trinajstić information content (AvgIpc) is 3.31. The summed E-state index contributed by atoms with van der Waals surface area (Å²) in [4.78, 5) is 0. The third kappa shape index (κ3) is 10.4. The van der Waals surface area contributed by atoms with Crippen molar-refractivity contribution in [1.29, 1.82) is 0 Å². The van der Waals surface area contributed by atoms with Crippen LogP contribution < -0.4 is 0 Å². The number of hydrogen-bond donors (Lipinski definition) is 2. The standard InChI is InChI=1S/C54H52O6/c1-7-9-31-49(55)33-37-51(57-3,45-23-15-11-16-24-45)41-43-53(59-5,47-27-19-13-20-28-47)39-35-50(56,32-10-8-2)36-40-54(60-6,48-29-21-14-22-30-48)44-42-52(58-4,38-34-49)46-25-17-12-18-26-46/h11-30,55-56H,7-10,31-32H2,1-6H3. The average molecular weight is 797 g/mol. The van der Waals surface area contributed by atoms with Gasteiger partial charge in [-0.15, -0.1) is 0 Å². The lowest BCUT2D eigenvalue weighted by atomic mass is 9.86. The summed E-state index contributed by atoms with van der Waals surface area (Å²) >= 11 is 0. The van der Waals surface area contributed by atoms with Crippen LogP contribution in [0.1, 0.15) is 74.6 Å². The van der Waals surface area contributed by atoms with Crippen LogP contribution in [0.5, 0.6) is 0 Å². The van der Waals surface area contributed by atoms with Gasteiger partial charge in [-0.3, -0.25) is 0 Å². The molecule has 0 aromatic heterocycles. The number of methoxy groups -OCH3 is 4. The van der Waals surface area contributed by atoms with Gasteiger partial charge in [0, 0.05) is 50.7 Å². The molecule has 0 amide bonds. The van der Waals surface area contributed by atoms with E-state index in [0.717, 1.165) is 12.8 Å². The number of unbranched alkanes of at least 4 members (excludes halogenated alkanes) is 2. The monoisotopic (exact) mass is 796 g/mol. The molecule has 0 bridgehead atoms. The highest BCUT2D eigenvalue weighted by Gasteiger charge is 2.37. The molecule has 0 saturated carbocycles. The van der Waals surface area contributed by atoms with Crippen molar-refractivity contribution in [3.05, 3.63) is 144 Å². The maximum Gasteiger partial charge on any atom is 0.216 e. The van der Waals surface area contributed by atoms with E-state index in [1.807, 2.05) is 135 Å². The van der Waals surface area contributed by atoms with Gasteiger partial charge in [0.15, 0.2) is 11.2 Å². The molecule has 0 radical (unpaired) electrons. The number of ether oxygens (including phenoxy) is 4. The molecule has 0 spiro atoms. The lowest BCUT2D eigenvalue weighted by Crippen LogP contribution is -2.33. The van der Waals surface area contributed by atoms with Crippen molar-refractivity contribution < 1.29 is 29.2 Å². The Morgan fingerprint density at radius 1 is 0.350 bits per heavy atom. The summed E-state index contributed by atoms with van der Waals surface area (Å²) in [7, 11) is 6.04. The molecule has 0 fully saturated rings. The highest BCUT2D eigenvalue weighted by molar-refractivity contribution is 5.54. The molecule has 4 unspecified atom stereocenters. The van der Waals surface area contributed by atoms with Gasteiger partial charge in [0.05, 0.1) is 0 Å². The maximum atomic E-state index is 12.4. The Morgan fingerprint density at radius 2 is 0.550 bits per heavy atom. The molecule has 6 nitrogen and oxygen atoms in total. The highest BCUT2D eigenvalue weighted by Crippen LogP contribution is 2.32. The zero-order chi connectivity index (χ0) is 43.0. The third-order valence-corrected chi connectivity index (χ3v) is 10.3. The Balaban J connectivity index is 1.98. The fourth-order valence-electron chi connectivity index (χ4n) is 6.57. The Morgan fingerprint density at radius 3 is 0.733 bits per heavy atom. The lowest BCUT2D eigenvalue weighted by molar-refractivity contribution is 0.0772. The predicted molar refractivity (Wildman–Crippen MR) is 236 cm³/mol. The SMILES string of the molecule is CCCCC1(O)C#CC(OC)(c2ccccc2)C#CC(OC)(c2ccccc2)C#CC(O)(CCCC)C#CC(OC)(c2ccccc2)C#CC(OC)(c2ccccc2)C#C1. The Bertz CT molecular complexity index is 2100. The molecule has 5 rings (SSSR count). The molecular formula is C54H52O6. The normalized spacial score (nSPS) is 27.1. The van der Waals surface area contributed by atoms with Crippen molar-refractivity contribution in [2.45, 2.75) is 86.0 Å². The molecule has 4 atom stereocenters. The molecule has 0 aliphatic heterocycles. The first-order valence-corrected chi connectivity index (χ1v) is 20.2. The van der Waals surface area contributed by atoms with Gasteiger partial charge in [0.2, 0.25) is 22.4 Å². The van der Waals surface area contributed by atoms with Gasteiger partial charge in [-0.25, -0.2) is 0 Å². The van der Waals surface area contributed by atoms with Gasteiger partial charge in [-0.05, 0) is 73.0 Å². The number of benzene rings is 4. The lowest BCUT2D eigenvalue weighted by Gasteiger charge is -2.27. The first kappa shape index (κ1) is 45.1. The van der Waals surface area contributed by atoms with Crippen molar-refractivity contribution in [3.8, 4) is 71.0 Å². The number of aliphatic hydroxyl groups is 2. The van der Waals surface area contributed by atoms with Crippen LogP contribution in [0.15, 0.2) is 121 Å². The van der Waals surface area contributed by atoms with Gasteiger partial charge in [0.1, 0.15) is 0 Å². The van der Waals surface area contributed by atoms with Gasteiger partial charge in [-0.2, -0.15) is 0 Å². The Hall–Kier alpha value is -6.00. The minimum absolute atomic E-state index is 0.207. The Labute approximate surface area is 357 Å². The van der Waals surface area contributed by atoms with Crippen LogP contribution in [-0.4, -0.2) is 49.9 Å².